The van der Waals surface area contributed by atoms with E-state index in [4.69, 9.17) is 0 Å². The molecule has 146 valence electrons. The van der Waals surface area contributed by atoms with E-state index in [1.807, 2.05) is 30.5 Å². The molecule has 7 nitrogen and oxygen atoms in total. The Labute approximate surface area is 162 Å². The van der Waals surface area contributed by atoms with Crippen molar-refractivity contribution in [3.05, 3.63) is 69.9 Å². The van der Waals surface area contributed by atoms with Crippen LogP contribution >= 0.6 is 0 Å². The lowest BCUT2D eigenvalue weighted by molar-refractivity contribution is -0.384. The predicted octanol–water partition coefficient (Wildman–Crippen LogP) is 4.02. The van der Waals surface area contributed by atoms with E-state index in [9.17, 15) is 20.0 Å². The molecular weight excluding hydrogens is 358 g/mol. The second-order valence-electron chi connectivity index (χ2n) is 6.70. The van der Waals surface area contributed by atoms with Gasteiger partial charge >= 0.3 is 0 Å². The minimum atomic E-state index is -0.530. The molecule has 2 aromatic carbocycles. The number of nitro benzene ring substituents is 1. The quantitative estimate of drug-likeness (QED) is 0.455. The van der Waals surface area contributed by atoms with Crippen LogP contribution in [0.5, 0.6) is 0 Å². The van der Waals surface area contributed by atoms with Gasteiger partial charge in [-0.3, -0.25) is 14.9 Å². The first kappa shape index (κ1) is 19.6. The van der Waals surface area contributed by atoms with Gasteiger partial charge in [0, 0.05) is 41.3 Å². The summed E-state index contributed by atoms with van der Waals surface area (Å²) in [6.45, 7) is 2.71. The second kappa shape index (κ2) is 8.67. The van der Waals surface area contributed by atoms with Crippen molar-refractivity contribution < 1.29 is 14.8 Å². The minimum Gasteiger partial charge on any atom is -0.392 e. The van der Waals surface area contributed by atoms with Gasteiger partial charge in [-0.05, 0) is 24.1 Å². The van der Waals surface area contributed by atoms with Crippen molar-refractivity contribution in [3.8, 4) is 0 Å². The van der Waals surface area contributed by atoms with Crippen molar-refractivity contribution in [1.82, 2.24) is 4.57 Å². The molecular formula is C21H23N3O4. The Morgan fingerprint density at radius 3 is 2.71 bits per heavy atom. The fourth-order valence-corrected chi connectivity index (χ4v) is 3.28. The van der Waals surface area contributed by atoms with Crippen LogP contribution in [0.25, 0.3) is 10.9 Å². The number of aliphatic hydroxyl groups is 1. The van der Waals surface area contributed by atoms with E-state index in [1.165, 1.54) is 18.2 Å². The van der Waals surface area contributed by atoms with Crippen molar-refractivity contribution in [1.29, 1.82) is 0 Å². The SMILES string of the molecule is CCCCn1cc(CC(=O)Nc2cc([N+](=O)[O-])ccc2CO)c2ccccc21. The second-order valence-corrected chi connectivity index (χ2v) is 6.70. The van der Waals surface area contributed by atoms with Crippen LogP contribution in [0.3, 0.4) is 0 Å². The van der Waals surface area contributed by atoms with Gasteiger partial charge in [0.25, 0.3) is 5.69 Å². The van der Waals surface area contributed by atoms with E-state index in [1.54, 1.807) is 0 Å². The minimum absolute atomic E-state index is 0.135. The van der Waals surface area contributed by atoms with E-state index in [2.05, 4.69) is 16.8 Å². The molecule has 28 heavy (non-hydrogen) atoms. The number of fused-ring (bicyclic) bond motifs is 1. The number of amides is 1. The molecule has 3 rings (SSSR count). The zero-order chi connectivity index (χ0) is 20.1. The lowest BCUT2D eigenvalue weighted by Crippen LogP contribution is -2.15. The number of nitrogens with zero attached hydrogens (tertiary/aromatic N) is 2. The molecule has 0 aliphatic carbocycles. The predicted molar refractivity (Wildman–Crippen MR) is 108 cm³/mol. The lowest BCUT2D eigenvalue weighted by Gasteiger charge is -2.09. The van der Waals surface area contributed by atoms with Crippen molar-refractivity contribution >= 4 is 28.2 Å². The maximum Gasteiger partial charge on any atom is 0.271 e. The number of non-ortho nitro benzene ring substituents is 1. The summed E-state index contributed by atoms with van der Waals surface area (Å²) in [6.07, 6.45) is 4.28. The molecule has 2 N–H and O–H groups in total. The van der Waals surface area contributed by atoms with Crippen LogP contribution in [0.1, 0.15) is 30.9 Å². The monoisotopic (exact) mass is 381 g/mol. The van der Waals surface area contributed by atoms with Crippen LogP contribution in [0.4, 0.5) is 11.4 Å². The number of aliphatic hydroxyl groups excluding tert-OH is 1. The summed E-state index contributed by atoms with van der Waals surface area (Å²) < 4.78 is 2.16. The maximum absolute atomic E-state index is 12.6. The molecule has 1 amide bonds. The Balaban J connectivity index is 1.84. The van der Waals surface area contributed by atoms with Crippen LogP contribution < -0.4 is 5.32 Å². The smallest absolute Gasteiger partial charge is 0.271 e. The number of unbranched alkanes of at least 4 members (excludes halogenated alkanes) is 1. The lowest BCUT2D eigenvalue weighted by atomic mass is 10.1. The molecule has 0 saturated carbocycles. The molecule has 0 aliphatic rings. The molecule has 0 radical (unpaired) electrons. The summed E-state index contributed by atoms with van der Waals surface area (Å²) in [7, 11) is 0. The fraction of sp³-hybridized carbons (Fsp3) is 0.286. The van der Waals surface area contributed by atoms with Gasteiger partial charge in [0.1, 0.15) is 0 Å². The van der Waals surface area contributed by atoms with Gasteiger partial charge in [0.2, 0.25) is 5.91 Å². The number of hydrogen-bond acceptors (Lipinski definition) is 4. The molecule has 0 unspecified atom stereocenters. The number of para-hydroxylation sites is 1. The number of rotatable bonds is 8. The number of aromatic nitrogens is 1. The highest BCUT2D eigenvalue weighted by molar-refractivity contribution is 5.96. The average Bonchev–Trinajstić information content (AvgIpc) is 3.03. The third-order valence-corrected chi connectivity index (χ3v) is 4.72. The number of nitrogens with one attached hydrogen (secondary N) is 1. The molecule has 3 aromatic rings. The Morgan fingerprint density at radius 1 is 1.21 bits per heavy atom. The number of hydrogen-bond donors (Lipinski definition) is 2. The first-order valence-corrected chi connectivity index (χ1v) is 9.28. The molecule has 0 atom stereocenters. The van der Waals surface area contributed by atoms with Crippen molar-refractivity contribution in [3.63, 3.8) is 0 Å². The Kier molecular flexibility index (Phi) is 6.06. The molecule has 7 heteroatoms. The normalized spacial score (nSPS) is 10.9. The number of carbonyl (C=O) groups excluding carboxylic acids is 1. The van der Waals surface area contributed by atoms with Crippen LogP contribution in [-0.2, 0) is 24.4 Å². The van der Waals surface area contributed by atoms with Gasteiger partial charge in [-0.15, -0.1) is 0 Å². The highest BCUT2D eigenvalue weighted by Crippen LogP contribution is 2.25. The molecule has 0 aliphatic heterocycles. The Hall–Kier alpha value is -3.19. The largest absolute Gasteiger partial charge is 0.392 e. The summed E-state index contributed by atoms with van der Waals surface area (Å²) in [4.78, 5) is 23.1. The zero-order valence-electron chi connectivity index (χ0n) is 15.7. The standard InChI is InChI=1S/C21H23N3O4/c1-2-3-10-23-13-16(18-6-4-5-7-20(18)23)11-21(26)22-19-12-17(24(27)28)9-8-15(19)14-25/h4-9,12-13,25H,2-3,10-11,14H2,1H3,(H,22,26). The molecule has 0 fully saturated rings. The molecule has 0 spiro atoms. The van der Waals surface area contributed by atoms with Gasteiger partial charge in [0.15, 0.2) is 0 Å². The summed E-state index contributed by atoms with van der Waals surface area (Å²) in [6, 6.07) is 12.0. The summed E-state index contributed by atoms with van der Waals surface area (Å²) in [5.41, 5.74) is 2.55. The maximum atomic E-state index is 12.6. The first-order valence-electron chi connectivity index (χ1n) is 9.28. The van der Waals surface area contributed by atoms with Crippen LogP contribution in [0.15, 0.2) is 48.7 Å². The van der Waals surface area contributed by atoms with E-state index in [0.717, 1.165) is 35.9 Å². The number of benzene rings is 2. The van der Waals surface area contributed by atoms with E-state index in [-0.39, 0.29) is 30.3 Å². The third-order valence-electron chi connectivity index (χ3n) is 4.72. The van der Waals surface area contributed by atoms with Gasteiger partial charge < -0.3 is 15.0 Å². The first-order chi connectivity index (χ1) is 13.5. The highest BCUT2D eigenvalue weighted by Gasteiger charge is 2.15. The zero-order valence-corrected chi connectivity index (χ0v) is 15.7. The van der Waals surface area contributed by atoms with Crippen molar-refractivity contribution in [2.24, 2.45) is 0 Å². The summed E-state index contributed by atoms with van der Waals surface area (Å²) in [5, 5.41) is 24.2. The average molecular weight is 381 g/mol. The van der Waals surface area contributed by atoms with Gasteiger partial charge in [-0.1, -0.05) is 31.5 Å². The van der Waals surface area contributed by atoms with Crippen LogP contribution in [-0.4, -0.2) is 20.5 Å². The van der Waals surface area contributed by atoms with Crippen LogP contribution in [0, 0.1) is 10.1 Å². The van der Waals surface area contributed by atoms with Crippen molar-refractivity contribution in [2.75, 3.05) is 5.32 Å². The molecule has 1 aromatic heterocycles. The number of carbonyl (C=O) groups is 1. The van der Waals surface area contributed by atoms with E-state index >= 15 is 0 Å². The van der Waals surface area contributed by atoms with E-state index < -0.39 is 4.92 Å². The molecule has 0 bridgehead atoms. The van der Waals surface area contributed by atoms with E-state index in [0.29, 0.717) is 5.56 Å². The number of aryl methyl sites for hydroxylation is 1. The topological polar surface area (TPSA) is 97.4 Å². The highest BCUT2D eigenvalue weighted by atomic mass is 16.6. The fourth-order valence-electron chi connectivity index (χ4n) is 3.28. The summed E-state index contributed by atoms with van der Waals surface area (Å²) in [5.74, 6) is -0.284. The summed E-state index contributed by atoms with van der Waals surface area (Å²) >= 11 is 0. The Morgan fingerprint density at radius 2 is 2.00 bits per heavy atom. The number of nitro groups is 1. The van der Waals surface area contributed by atoms with Gasteiger partial charge in [0.05, 0.1) is 23.6 Å². The van der Waals surface area contributed by atoms with Crippen LogP contribution in [0.2, 0.25) is 0 Å². The molecule has 1 heterocycles. The number of anilines is 1. The molecule has 0 saturated heterocycles. The third kappa shape index (κ3) is 4.20. The van der Waals surface area contributed by atoms with Gasteiger partial charge in [-0.2, -0.15) is 0 Å². The van der Waals surface area contributed by atoms with Crippen molar-refractivity contribution in [2.45, 2.75) is 39.3 Å². The Bertz CT molecular complexity index is 1010. The van der Waals surface area contributed by atoms with Gasteiger partial charge in [-0.25, -0.2) is 0 Å².